The maximum Gasteiger partial charge on any atom is 0.410 e. The number of amides is 1. The zero-order chi connectivity index (χ0) is 34.5. The molecule has 3 heterocycles. The zero-order valence-corrected chi connectivity index (χ0v) is 28.6. The molecule has 2 aromatic heterocycles. The van der Waals surface area contributed by atoms with E-state index in [2.05, 4.69) is 10.1 Å². The van der Waals surface area contributed by atoms with Crippen molar-refractivity contribution >= 4 is 46.1 Å². The highest BCUT2D eigenvalue weighted by atomic mass is 32.2. The molecular formula is C34H39N7O6S. The number of hydrogen-bond donors (Lipinski definition) is 0. The van der Waals surface area contributed by atoms with Crippen LogP contribution in [0.3, 0.4) is 0 Å². The molecular weight excluding hydrogens is 634 g/mol. The second kappa shape index (κ2) is 12.6. The summed E-state index contributed by atoms with van der Waals surface area (Å²) in [5, 5.41) is 27.8. The van der Waals surface area contributed by atoms with E-state index in [1.54, 1.807) is 21.8 Å². The molecule has 6 rings (SSSR count). The van der Waals surface area contributed by atoms with Crippen LogP contribution < -0.4 is 0 Å². The Morgan fingerprint density at radius 3 is 2.62 bits per heavy atom. The second-order valence-electron chi connectivity index (χ2n) is 14.0. The molecule has 48 heavy (non-hydrogen) atoms. The first-order valence-electron chi connectivity index (χ1n) is 16.4. The molecule has 252 valence electrons. The van der Waals surface area contributed by atoms with Crippen molar-refractivity contribution in [3.8, 4) is 6.07 Å². The van der Waals surface area contributed by atoms with Crippen LogP contribution in [0.4, 0.5) is 10.5 Å². The lowest BCUT2D eigenvalue weighted by atomic mass is 9.57. The van der Waals surface area contributed by atoms with Gasteiger partial charge in [0, 0.05) is 12.6 Å². The topological polar surface area (TPSA) is 174 Å². The van der Waals surface area contributed by atoms with Crippen molar-refractivity contribution in [2.24, 2.45) is 5.92 Å². The van der Waals surface area contributed by atoms with Gasteiger partial charge in [0.15, 0.2) is 17.3 Å². The molecule has 0 N–H and O–H groups in total. The van der Waals surface area contributed by atoms with Crippen LogP contribution in [-0.4, -0.2) is 71.7 Å². The molecule has 14 heteroatoms. The van der Waals surface area contributed by atoms with Gasteiger partial charge in [-0.05, 0) is 90.0 Å². The number of carbonyl (C=O) groups is 3. The number of benzene rings is 1. The SMILES string of the molecule is CSc1nc(C(=O)C2CCCC3(CCCc4ccc([N+](=O)[O-])c(C#N)c43)C2=O)nc2c1cnn2[C@@H](C)[C@@H]1CCCN1C(=O)OC(C)(C)C. The molecule has 1 spiro atoms. The van der Waals surface area contributed by atoms with Crippen LogP contribution in [0.1, 0.15) is 106 Å². The number of aromatic nitrogens is 4. The van der Waals surface area contributed by atoms with Crippen molar-refractivity contribution < 1.29 is 24.0 Å². The van der Waals surface area contributed by atoms with E-state index in [0.29, 0.717) is 66.7 Å². The number of fused-ring (bicyclic) bond motifs is 3. The summed E-state index contributed by atoms with van der Waals surface area (Å²) in [4.78, 5) is 64.2. The number of hydrogen-bond acceptors (Lipinski definition) is 11. The summed E-state index contributed by atoms with van der Waals surface area (Å²) in [5.74, 6) is -1.99. The van der Waals surface area contributed by atoms with Crippen molar-refractivity contribution in [1.29, 1.82) is 5.26 Å². The number of nitro benzene ring substituents is 1. The third-order valence-electron chi connectivity index (χ3n) is 10.0. The zero-order valence-electron chi connectivity index (χ0n) is 27.8. The number of ketones is 2. The maximum atomic E-state index is 14.5. The normalized spacial score (nSPS) is 23.2. The van der Waals surface area contributed by atoms with Gasteiger partial charge in [0.2, 0.25) is 5.78 Å². The van der Waals surface area contributed by atoms with Gasteiger partial charge in [-0.25, -0.2) is 19.4 Å². The number of likely N-dealkylation sites (tertiary alicyclic amines) is 1. The summed E-state index contributed by atoms with van der Waals surface area (Å²) in [6.45, 7) is 8.01. The maximum absolute atomic E-state index is 14.5. The molecule has 1 amide bonds. The number of nitro groups is 1. The van der Waals surface area contributed by atoms with E-state index in [0.717, 1.165) is 18.4 Å². The first kappa shape index (κ1) is 33.5. The third-order valence-corrected chi connectivity index (χ3v) is 10.7. The number of nitrogens with zero attached hydrogens (tertiary/aromatic N) is 7. The predicted octanol–water partition coefficient (Wildman–Crippen LogP) is 6.11. The lowest BCUT2D eigenvalue weighted by Gasteiger charge is -2.43. The average molecular weight is 674 g/mol. The van der Waals surface area contributed by atoms with Crippen molar-refractivity contribution in [3.63, 3.8) is 0 Å². The van der Waals surface area contributed by atoms with Gasteiger partial charge < -0.3 is 9.64 Å². The Balaban J connectivity index is 1.37. The van der Waals surface area contributed by atoms with Crippen molar-refractivity contribution in [3.05, 3.63) is 51.0 Å². The fourth-order valence-corrected chi connectivity index (χ4v) is 8.47. The number of aryl methyl sites for hydroxylation is 1. The molecule has 1 aliphatic heterocycles. The van der Waals surface area contributed by atoms with Gasteiger partial charge in [-0.3, -0.25) is 19.7 Å². The molecule has 4 atom stereocenters. The van der Waals surface area contributed by atoms with Gasteiger partial charge in [0.05, 0.1) is 39.9 Å². The van der Waals surface area contributed by atoms with Crippen molar-refractivity contribution in [2.45, 2.75) is 107 Å². The van der Waals surface area contributed by atoms with Crippen LogP contribution in [-0.2, 0) is 21.4 Å². The number of rotatable bonds is 6. The summed E-state index contributed by atoms with van der Waals surface area (Å²) < 4.78 is 7.40. The largest absolute Gasteiger partial charge is 0.444 e. The van der Waals surface area contributed by atoms with Crippen LogP contribution in [0, 0.1) is 27.4 Å². The highest BCUT2D eigenvalue weighted by Crippen LogP contribution is 2.50. The summed E-state index contributed by atoms with van der Waals surface area (Å²) in [5.41, 5.74) is -0.631. The predicted molar refractivity (Wildman–Crippen MR) is 177 cm³/mol. The van der Waals surface area contributed by atoms with E-state index in [4.69, 9.17) is 9.72 Å². The van der Waals surface area contributed by atoms with E-state index in [1.807, 2.05) is 40.0 Å². The molecule has 13 nitrogen and oxygen atoms in total. The highest BCUT2D eigenvalue weighted by Gasteiger charge is 2.52. The van der Waals surface area contributed by atoms with E-state index in [-0.39, 0.29) is 41.0 Å². The van der Waals surface area contributed by atoms with Crippen LogP contribution in [0.2, 0.25) is 0 Å². The average Bonchev–Trinajstić information content (AvgIpc) is 3.72. The fraction of sp³-hybridized carbons (Fsp3) is 0.559. The van der Waals surface area contributed by atoms with Gasteiger partial charge in [-0.15, -0.1) is 11.8 Å². The summed E-state index contributed by atoms with van der Waals surface area (Å²) in [6, 6.07) is 4.49. The summed E-state index contributed by atoms with van der Waals surface area (Å²) in [6.07, 6.45) is 7.59. The molecule has 2 fully saturated rings. The van der Waals surface area contributed by atoms with Gasteiger partial charge >= 0.3 is 6.09 Å². The van der Waals surface area contributed by atoms with E-state index >= 15 is 0 Å². The molecule has 0 bridgehead atoms. The number of Topliss-reactive ketones (excluding diaryl/α,β-unsaturated/α-hetero) is 2. The summed E-state index contributed by atoms with van der Waals surface area (Å²) in [7, 11) is 0. The molecule has 1 saturated heterocycles. The monoisotopic (exact) mass is 673 g/mol. The number of nitriles is 1. The lowest BCUT2D eigenvalue weighted by Crippen LogP contribution is -2.48. The first-order chi connectivity index (χ1) is 22.8. The third kappa shape index (κ3) is 5.61. The first-order valence-corrected chi connectivity index (χ1v) is 17.6. The Bertz CT molecular complexity index is 1880. The molecule has 2 aliphatic carbocycles. The van der Waals surface area contributed by atoms with Crippen LogP contribution in [0.5, 0.6) is 0 Å². The minimum Gasteiger partial charge on any atom is -0.444 e. The molecule has 0 radical (unpaired) electrons. The Morgan fingerprint density at radius 2 is 1.94 bits per heavy atom. The standard InChI is InChI=1S/C34H39N7O6S/c1-19(24-11-8-16-39(24)32(44)47-33(2,3)4)40-30-23(18-36-40)31(48-5)38-29(37-30)27(42)21-10-7-15-34(28(21)43)14-6-9-20-12-13-25(41(45)46)22(17-35)26(20)34/h12-13,18-19,21,24H,6-11,14-16H2,1-5H3/t19-,21?,24-,34?/m0/s1. The lowest BCUT2D eigenvalue weighted by molar-refractivity contribution is -0.385. The Hall–Kier alpha value is -4.38. The number of thioether (sulfide) groups is 1. The van der Waals surface area contributed by atoms with Crippen molar-refractivity contribution in [2.75, 3.05) is 12.8 Å². The molecule has 2 unspecified atom stereocenters. The smallest absolute Gasteiger partial charge is 0.410 e. The van der Waals surface area contributed by atoms with E-state index < -0.39 is 27.6 Å². The molecule has 3 aromatic rings. The van der Waals surface area contributed by atoms with Crippen LogP contribution in [0.25, 0.3) is 11.0 Å². The van der Waals surface area contributed by atoms with Gasteiger partial charge in [0.25, 0.3) is 5.69 Å². The Morgan fingerprint density at radius 1 is 1.19 bits per heavy atom. The van der Waals surface area contributed by atoms with Gasteiger partial charge in [-0.2, -0.15) is 10.4 Å². The van der Waals surface area contributed by atoms with Crippen molar-refractivity contribution in [1.82, 2.24) is 24.6 Å². The Kier molecular flexibility index (Phi) is 8.78. The number of ether oxygens (including phenoxy) is 1. The molecule has 1 saturated carbocycles. The van der Waals surface area contributed by atoms with Crippen LogP contribution >= 0.6 is 11.8 Å². The fourth-order valence-electron chi connectivity index (χ4n) is 7.93. The quantitative estimate of drug-likeness (QED) is 0.0737. The van der Waals surface area contributed by atoms with Crippen LogP contribution in [0.15, 0.2) is 23.4 Å². The van der Waals surface area contributed by atoms with E-state index in [1.165, 1.54) is 17.8 Å². The molecule has 1 aromatic carbocycles. The molecule has 3 aliphatic rings. The minimum absolute atomic E-state index is 0.0915. The minimum atomic E-state index is -1.17. The number of carbonyl (C=O) groups excluding carboxylic acids is 3. The van der Waals surface area contributed by atoms with E-state index in [9.17, 15) is 29.8 Å². The highest BCUT2D eigenvalue weighted by molar-refractivity contribution is 7.98. The van der Waals surface area contributed by atoms with Gasteiger partial charge in [0.1, 0.15) is 22.3 Å². The Labute approximate surface area is 282 Å². The second-order valence-corrected chi connectivity index (χ2v) is 14.8. The van der Waals surface area contributed by atoms with Gasteiger partial charge in [-0.1, -0.05) is 12.5 Å². The summed E-state index contributed by atoms with van der Waals surface area (Å²) >= 11 is 1.34.